The molecule has 0 aliphatic carbocycles. The lowest BCUT2D eigenvalue weighted by Crippen LogP contribution is -3.17. The van der Waals surface area contributed by atoms with Crippen LogP contribution in [0.25, 0.3) is 0 Å². The topological polar surface area (TPSA) is 50.6 Å². The van der Waals surface area contributed by atoms with Crippen LogP contribution in [0.1, 0.15) is 42.1 Å². The third kappa shape index (κ3) is 4.32. The van der Waals surface area contributed by atoms with Gasteiger partial charge in [-0.3, -0.25) is 9.59 Å². The molecule has 0 aromatic heterocycles. The van der Waals surface area contributed by atoms with E-state index >= 15 is 0 Å². The highest BCUT2D eigenvalue weighted by atomic mass is 35.5. The molecule has 0 spiro atoms. The summed E-state index contributed by atoms with van der Waals surface area (Å²) >= 11 is 6.10. The molecule has 2 aromatic rings. The monoisotopic (exact) mass is 371 g/mol. The number of hydrogen-bond acceptors (Lipinski definition) is 2. The van der Waals surface area contributed by atoms with Gasteiger partial charge in [0.1, 0.15) is 0 Å². The largest absolute Gasteiger partial charge is 0.325 e. The number of hydrogen-bond donors (Lipinski definition) is 2. The molecule has 136 valence electrons. The number of carbonyl (C=O) groups excluding carboxylic acids is 2. The molecule has 4 nitrogen and oxygen atoms in total. The minimum Gasteiger partial charge on any atom is -0.325 e. The molecule has 0 unspecified atom stereocenters. The molecule has 0 bridgehead atoms. The fourth-order valence-electron chi connectivity index (χ4n) is 3.42. The number of ketones is 1. The van der Waals surface area contributed by atoms with Crippen LogP contribution in [0.5, 0.6) is 0 Å². The molecule has 2 aromatic carbocycles. The van der Waals surface area contributed by atoms with E-state index in [-0.39, 0.29) is 17.7 Å². The minimum absolute atomic E-state index is 0.0636. The van der Waals surface area contributed by atoms with Crippen molar-refractivity contribution >= 4 is 29.0 Å². The van der Waals surface area contributed by atoms with Crippen LogP contribution < -0.4 is 10.2 Å². The zero-order valence-corrected chi connectivity index (χ0v) is 15.7. The van der Waals surface area contributed by atoms with Gasteiger partial charge in [-0.15, -0.1) is 0 Å². The van der Waals surface area contributed by atoms with E-state index in [0.717, 1.165) is 25.9 Å². The molecule has 1 aliphatic heterocycles. The average Bonchev–Trinajstić information content (AvgIpc) is 2.69. The smallest absolute Gasteiger partial charge is 0.282 e. The molecule has 2 N–H and O–H groups in total. The van der Waals surface area contributed by atoms with Crippen LogP contribution in [0.4, 0.5) is 5.69 Å². The molecule has 26 heavy (non-hydrogen) atoms. The highest BCUT2D eigenvalue weighted by molar-refractivity contribution is 6.31. The molecule has 1 heterocycles. The first kappa shape index (κ1) is 18.6. The van der Waals surface area contributed by atoms with Gasteiger partial charge >= 0.3 is 0 Å². The van der Waals surface area contributed by atoms with Gasteiger partial charge in [-0.05, 0) is 44.4 Å². The summed E-state index contributed by atoms with van der Waals surface area (Å²) in [6.45, 7) is 3.99. The van der Waals surface area contributed by atoms with Gasteiger partial charge in [-0.2, -0.15) is 0 Å². The first-order valence-electron chi connectivity index (χ1n) is 9.11. The molecule has 0 radical (unpaired) electrons. The number of amides is 1. The Balaban J connectivity index is 1.81. The Morgan fingerprint density at radius 1 is 1.04 bits per heavy atom. The van der Waals surface area contributed by atoms with Crippen molar-refractivity contribution in [2.24, 2.45) is 0 Å². The maximum atomic E-state index is 12.9. The summed E-state index contributed by atoms with van der Waals surface area (Å²) in [7, 11) is 0. The molecule has 1 aliphatic rings. The van der Waals surface area contributed by atoms with E-state index in [2.05, 4.69) is 5.32 Å². The lowest BCUT2D eigenvalue weighted by atomic mass is 10.0. The standard InChI is InChI=1S/C21H23ClN2O2/c1-15(24-12-6-3-7-13-24)21(26)23-19-11-10-17(22)14-18(19)20(25)16-8-4-2-5-9-16/h2,4-5,8-11,14-15H,3,6-7,12-13H2,1H3,(H,23,26)/p+1/t15-/m1/s1. The summed E-state index contributed by atoms with van der Waals surface area (Å²) in [5.41, 5.74) is 1.49. The first-order chi connectivity index (χ1) is 12.6. The number of likely N-dealkylation sites (tertiary alicyclic amines) is 1. The van der Waals surface area contributed by atoms with E-state index in [0.29, 0.717) is 21.8 Å². The van der Waals surface area contributed by atoms with Crippen LogP contribution in [0, 0.1) is 0 Å². The first-order valence-corrected chi connectivity index (χ1v) is 9.49. The number of benzene rings is 2. The van der Waals surface area contributed by atoms with Crippen molar-refractivity contribution in [2.45, 2.75) is 32.2 Å². The third-order valence-corrected chi connectivity index (χ3v) is 5.26. The Morgan fingerprint density at radius 2 is 1.73 bits per heavy atom. The van der Waals surface area contributed by atoms with Crippen molar-refractivity contribution < 1.29 is 14.5 Å². The summed E-state index contributed by atoms with van der Waals surface area (Å²) in [4.78, 5) is 26.9. The Kier molecular flexibility index (Phi) is 6.07. The number of rotatable bonds is 5. The van der Waals surface area contributed by atoms with E-state index in [1.807, 2.05) is 25.1 Å². The zero-order valence-electron chi connectivity index (χ0n) is 14.9. The predicted molar refractivity (Wildman–Crippen MR) is 104 cm³/mol. The second-order valence-electron chi connectivity index (χ2n) is 6.81. The number of carbonyl (C=O) groups is 2. The van der Waals surface area contributed by atoms with Crippen molar-refractivity contribution in [3.63, 3.8) is 0 Å². The number of piperidine rings is 1. The van der Waals surface area contributed by atoms with Crippen LogP contribution in [0.2, 0.25) is 5.02 Å². The van der Waals surface area contributed by atoms with Gasteiger partial charge in [0, 0.05) is 16.1 Å². The average molecular weight is 372 g/mol. The predicted octanol–water partition coefficient (Wildman–Crippen LogP) is 2.97. The van der Waals surface area contributed by atoms with E-state index in [9.17, 15) is 9.59 Å². The maximum Gasteiger partial charge on any atom is 0.282 e. The van der Waals surface area contributed by atoms with E-state index in [1.54, 1.807) is 30.3 Å². The highest BCUT2D eigenvalue weighted by Crippen LogP contribution is 2.24. The van der Waals surface area contributed by atoms with Gasteiger partial charge in [0.05, 0.1) is 18.8 Å². The number of halogens is 1. The van der Waals surface area contributed by atoms with Gasteiger partial charge in [-0.1, -0.05) is 41.9 Å². The zero-order chi connectivity index (χ0) is 18.5. The van der Waals surface area contributed by atoms with Crippen LogP contribution in [0.3, 0.4) is 0 Å². The van der Waals surface area contributed by atoms with Crippen LogP contribution in [-0.2, 0) is 4.79 Å². The van der Waals surface area contributed by atoms with E-state index in [1.165, 1.54) is 11.3 Å². The molecule has 3 rings (SSSR count). The van der Waals surface area contributed by atoms with Gasteiger partial charge < -0.3 is 10.2 Å². The molecule has 0 saturated carbocycles. The highest BCUT2D eigenvalue weighted by Gasteiger charge is 2.27. The fraction of sp³-hybridized carbons (Fsp3) is 0.333. The Hall–Kier alpha value is -2.17. The summed E-state index contributed by atoms with van der Waals surface area (Å²) in [5, 5.41) is 3.42. The SMILES string of the molecule is C[C@H](C(=O)Nc1ccc(Cl)cc1C(=O)c1ccccc1)[NH+]1CCCCC1. The third-order valence-electron chi connectivity index (χ3n) is 5.02. The van der Waals surface area contributed by atoms with Gasteiger partial charge in [0.15, 0.2) is 11.8 Å². The second-order valence-corrected chi connectivity index (χ2v) is 7.25. The lowest BCUT2D eigenvalue weighted by Gasteiger charge is -2.28. The minimum atomic E-state index is -0.152. The number of quaternary nitrogens is 1. The molecule has 1 amide bonds. The summed E-state index contributed by atoms with van der Waals surface area (Å²) < 4.78 is 0. The van der Waals surface area contributed by atoms with Gasteiger partial charge in [0.2, 0.25) is 0 Å². The van der Waals surface area contributed by atoms with Crippen molar-refractivity contribution in [2.75, 3.05) is 18.4 Å². The maximum absolute atomic E-state index is 12.9. The van der Waals surface area contributed by atoms with Crippen molar-refractivity contribution in [1.82, 2.24) is 0 Å². The van der Waals surface area contributed by atoms with Gasteiger partial charge in [0.25, 0.3) is 5.91 Å². The second kappa shape index (κ2) is 8.47. The Morgan fingerprint density at radius 3 is 2.42 bits per heavy atom. The van der Waals surface area contributed by atoms with Gasteiger partial charge in [-0.25, -0.2) is 0 Å². The summed E-state index contributed by atoms with van der Waals surface area (Å²) in [6.07, 6.45) is 3.56. The molecular formula is C21H24ClN2O2+. The Labute approximate surface area is 159 Å². The van der Waals surface area contributed by atoms with Crippen molar-refractivity contribution in [3.8, 4) is 0 Å². The lowest BCUT2D eigenvalue weighted by molar-refractivity contribution is -0.918. The van der Waals surface area contributed by atoms with E-state index in [4.69, 9.17) is 11.6 Å². The molecule has 5 heteroatoms. The number of nitrogens with one attached hydrogen (secondary N) is 2. The molecule has 1 fully saturated rings. The van der Waals surface area contributed by atoms with Crippen LogP contribution in [-0.4, -0.2) is 30.8 Å². The van der Waals surface area contributed by atoms with Crippen LogP contribution in [0.15, 0.2) is 48.5 Å². The van der Waals surface area contributed by atoms with E-state index < -0.39 is 0 Å². The van der Waals surface area contributed by atoms with Crippen molar-refractivity contribution in [3.05, 3.63) is 64.7 Å². The number of anilines is 1. The normalized spacial score (nSPS) is 16.1. The summed E-state index contributed by atoms with van der Waals surface area (Å²) in [5.74, 6) is -0.215. The quantitative estimate of drug-likeness (QED) is 0.794. The molecule has 1 saturated heterocycles. The summed E-state index contributed by atoms with van der Waals surface area (Å²) in [6, 6.07) is 13.9. The molecular weight excluding hydrogens is 348 g/mol. The van der Waals surface area contributed by atoms with Crippen molar-refractivity contribution in [1.29, 1.82) is 0 Å². The van der Waals surface area contributed by atoms with Crippen LogP contribution >= 0.6 is 11.6 Å². The Bertz CT molecular complexity index is 786. The molecule has 1 atom stereocenters. The fourth-order valence-corrected chi connectivity index (χ4v) is 3.60.